The number of carbonyl (C=O) groups excluding carboxylic acids is 1. The molecule has 2 saturated heterocycles. The third kappa shape index (κ3) is 24.7. The molecule has 2 rings (SSSR count). The van der Waals surface area contributed by atoms with Gasteiger partial charge in [-0.1, -0.05) is 111 Å². The number of rotatable bonds is 33. The van der Waals surface area contributed by atoms with E-state index in [1.807, 2.05) is 0 Å². The quantitative estimate of drug-likeness (QED) is 0.0246. The van der Waals surface area contributed by atoms with Crippen LogP contribution in [-0.2, 0) is 33.2 Å². The van der Waals surface area contributed by atoms with Crippen LogP contribution < -0.4 is 0 Å². The third-order valence-electron chi connectivity index (χ3n) is 10.1. The highest BCUT2D eigenvalue weighted by Gasteiger charge is 2.47. The predicted octanol–water partition coefficient (Wildman–Crippen LogP) is 5.51. The number of esters is 1. The van der Waals surface area contributed by atoms with Crippen molar-refractivity contribution < 1.29 is 69.0 Å². The standard InChI is InChI=1S/C49H78O14/c1-3-5-7-9-11-13-15-17-19-20-22-24-26-28-30-32-41(51)61-38(35-58-33-31-29-27-25-23-21-18-16-14-12-10-8-6-4-2)36-59-48-47(57)45(55)43(53)40(63-48)37-60-49-46(56)44(54)42(52)39(34-50)62-49/h5-8,11-14,17-19,21-22,24-25,27,38-40,42-50,52-57H,3-4,9-10,15-16,20,23,26,28-37H2,1-2H3/b7-5-,8-6-,13-11-,14-12-,19-17-,21-18-,24-22-,27-25-. The molecule has 0 spiro atoms. The maximum absolute atomic E-state index is 12.9. The normalized spacial score (nSPS) is 27.9. The van der Waals surface area contributed by atoms with Crippen LogP contribution in [0, 0.1) is 0 Å². The van der Waals surface area contributed by atoms with Gasteiger partial charge in [-0.15, -0.1) is 0 Å². The zero-order valence-electron chi connectivity index (χ0n) is 37.5. The molecule has 2 aliphatic heterocycles. The summed E-state index contributed by atoms with van der Waals surface area (Å²) in [7, 11) is 0. The topological polar surface area (TPSA) is 214 Å². The van der Waals surface area contributed by atoms with Crippen LogP contribution in [0.25, 0.3) is 0 Å². The molecule has 2 aliphatic rings. The van der Waals surface area contributed by atoms with Crippen LogP contribution in [0.1, 0.15) is 104 Å². The Labute approximate surface area is 375 Å². The van der Waals surface area contributed by atoms with E-state index in [0.29, 0.717) is 13.0 Å². The highest BCUT2D eigenvalue weighted by molar-refractivity contribution is 5.69. The van der Waals surface area contributed by atoms with Crippen molar-refractivity contribution in [2.45, 2.75) is 171 Å². The van der Waals surface area contributed by atoms with E-state index in [4.69, 9.17) is 28.4 Å². The van der Waals surface area contributed by atoms with E-state index in [1.54, 1.807) is 0 Å². The summed E-state index contributed by atoms with van der Waals surface area (Å²) in [6.45, 7) is 3.20. The van der Waals surface area contributed by atoms with Crippen LogP contribution in [0.15, 0.2) is 97.2 Å². The SMILES string of the molecule is CC/C=C\C/C=C\C/C=C\C/C=C\CCCCC(=O)OC(COCCC/C=C\C/C=C\C/C=C\C/C=C\CC)COC1OC(COC2OC(CO)C(O)C(O)C2O)C(O)C(O)C1O. The molecule has 0 aromatic rings. The number of carbonyl (C=O) groups is 1. The lowest BCUT2D eigenvalue weighted by atomic mass is 9.98. The van der Waals surface area contributed by atoms with Crippen molar-refractivity contribution in [1.29, 1.82) is 0 Å². The first-order valence-electron chi connectivity index (χ1n) is 22.8. The van der Waals surface area contributed by atoms with E-state index in [1.165, 1.54) is 0 Å². The van der Waals surface area contributed by atoms with E-state index in [0.717, 1.165) is 77.0 Å². The van der Waals surface area contributed by atoms with Crippen molar-refractivity contribution in [3.63, 3.8) is 0 Å². The van der Waals surface area contributed by atoms with Crippen molar-refractivity contribution >= 4 is 5.97 Å². The maximum atomic E-state index is 12.9. The highest BCUT2D eigenvalue weighted by Crippen LogP contribution is 2.26. The molecule has 0 aromatic carbocycles. The van der Waals surface area contributed by atoms with E-state index in [-0.39, 0.29) is 19.6 Å². The molecule has 11 unspecified atom stereocenters. The van der Waals surface area contributed by atoms with Gasteiger partial charge in [0, 0.05) is 13.0 Å². The molecular weight excluding hydrogens is 813 g/mol. The minimum Gasteiger partial charge on any atom is -0.457 e. The van der Waals surface area contributed by atoms with Crippen LogP contribution in [0.5, 0.6) is 0 Å². The van der Waals surface area contributed by atoms with E-state index in [2.05, 4.69) is 111 Å². The summed E-state index contributed by atoms with van der Waals surface area (Å²) in [6.07, 6.45) is 29.2. The number of hydrogen-bond donors (Lipinski definition) is 7. The number of unbranched alkanes of at least 4 members (excludes halogenated alkanes) is 3. The summed E-state index contributed by atoms with van der Waals surface area (Å²) in [4.78, 5) is 12.9. The monoisotopic (exact) mass is 891 g/mol. The van der Waals surface area contributed by atoms with Gasteiger partial charge in [-0.25, -0.2) is 0 Å². The van der Waals surface area contributed by atoms with Crippen molar-refractivity contribution in [3.05, 3.63) is 97.2 Å². The van der Waals surface area contributed by atoms with Gasteiger partial charge < -0.3 is 64.2 Å². The van der Waals surface area contributed by atoms with E-state index < -0.39 is 86.7 Å². The zero-order valence-corrected chi connectivity index (χ0v) is 37.5. The Morgan fingerprint density at radius 2 is 0.968 bits per heavy atom. The largest absolute Gasteiger partial charge is 0.457 e. The molecule has 2 fully saturated rings. The fraction of sp³-hybridized carbons (Fsp3) is 0.653. The summed E-state index contributed by atoms with van der Waals surface area (Å²) in [6, 6.07) is 0. The van der Waals surface area contributed by atoms with Crippen LogP contribution in [0.4, 0.5) is 0 Å². The van der Waals surface area contributed by atoms with Crippen LogP contribution >= 0.6 is 0 Å². The van der Waals surface area contributed by atoms with Gasteiger partial charge in [0.2, 0.25) is 0 Å². The van der Waals surface area contributed by atoms with Crippen LogP contribution in [-0.4, -0.2) is 142 Å². The fourth-order valence-corrected chi connectivity index (χ4v) is 6.39. The van der Waals surface area contributed by atoms with Crippen molar-refractivity contribution in [1.82, 2.24) is 0 Å². The molecule has 2 heterocycles. The minimum absolute atomic E-state index is 0.000456. The third-order valence-corrected chi connectivity index (χ3v) is 10.1. The van der Waals surface area contributed by atoms with Gasteiger partial charge in [-0.05, 0) is 83.5 Å². The Morgan fingerprint density at radius 1 is 0.524 bits per heavy atom. The van der Waals surface area contributed by atoms with Gasteiger partial charge in [0.05, 0.1) is 26.4 Å². The molecule has 0 saturated carbocycles. The molecule has 14 nitrogen and oxygen atoms in total. The van der Waals surface area contributed by atoms with Gasteiger partial charge in [-0.3, -0.25) is 4.79 Å². The van der Waals surface area contributed by atoms with E-state index >= 15 is 0 Å². The molecule has 14 heteroatoms. The molecular formula is C49H78O14. The predicted molar refractivity (Wildman–Crippen MR) is 242 cm³/mol. The lowest BCUT2D eigenvalue weighted by Crippen LogP contribution is -2.61. The zero-order chi connectivity index (χ0) is 45.9. The van der Waals surface area contributed by atoms with Crippen molar-refractivity contribution in [3.8, 4) is 0 Å². The second kappa shape index (κ2) is 36.2. The van der Waals surface area contributed by atoms with Crippen molar-refractivity contribution in [2.75, 3.05) is 33.0 Å². The molecule has 0 aromatic heterocycles. The molecule has 0 radical (unpaired) electrons. The molecule has 63 heavy (non-hydrogen) atoms. The average Bonchev–Trinajstić information content (AvgIpc) is 3.28. The summed E-state index contributed by atoms with van der Waals surface area (Å²) in [5.41, 5.74) is 0. The molecule has 0 amide bonds. The first kappa shape index (κ1) is 56.0. The van der Waals surface area contributed by atoms with Crippen LogP contribution in [0.2, 0.25) is 0 Å². The van der Waals surface area contributed by atoms with Gasteiger partial charge in [-0.2, -0.15) is 0 Å². The second-order valence-electron chi connectivity index (χ2n) is 15.5. The van der Waals surface area contributed by atoms with Gasteiger partial charge in [0.15, 0.2) is 12.6 Å². The summed E-state index contributed by atoms with van der Waals surface area (Å²) in [5.74, 6) is -0.441. The van der Waals surface area contributed by atoms with E-state index in [9.17, 15) is 40.5 Å². The number of allylic oxidation sites excluding steroid dienone is 16. The molecule has 0 aliphatic carbocycles. The lowest BCUT2D eigenvalue weighted by molar-refractivity contribution is -0.332. The highest BCUT2D eigenvalue weighted by atomic mass is 16.7. The Balaban J connectivity index is 1.87. The molecule has 0 bridgehead atoms. The Morgan fingerprint density at radius 3 is 1.48 bits per heavy atom. The summed E-state index contributed by atoms with van der Waals surface area (Å²) >= 11 is 0. The number of aliphatic hydroxyl groups is 7. The van der Waals surface area contributed by atoms with Crippen LogP contribution in [0.3, 0.4) is 0 Å². The first-order valence-corrected chi connectivity index (χ1v) is 22.8. The maximum Gasteiger partial charge on any atom is 0.306 e. The lowest BCUT2D eigenvalue weighted by Gasteiger charge is -2.42. The van der Waals surface area contributed by atoms with Gasteiger partial charge in [0.1, 0.15) is 54.9 Å². The number of ether oxygens (including phenoxy) is 6. The second-order valence-corrected chi connectivity index (χ2v) is 15.5. The van der Waals surface area contributed by atoms with Gasteiger partial charge >= 0.3 is 5.97 Å². The Hall–Kier alpha value is -3.09. The Kier molecular flexibility index (Phi) is 32.2. The Bertz CT molecular complexity index is 1400. The molecule has 358 valence electrons. The number of hydrogen-bond acceptors (Lipinski definition) is 14. The summed E-state index contributed by atoms with van der Waals surface area (Å²) in [5, 5.41) is 71.9. The van der Waals surface area contributed by atoms with Crippen molar-refractivity contribution in [2.24, 2.45) is 0 Å². The number of aliphatic hydroxyl groups excluding tert-OH is 7. The average molecular weight is 891 g/mol. The smallest absolute Gasteiger partial charge is 0.306 e. The first-order chi connectivity index (χ1) is 30.6. The van der Waals surface area contributed by atoms with Gasteiger partial charge in [0.25, 0.3) is 0 Å². The molecule has 11 atom stereocenters. The summed E-state index contributed by atoms with van der Waals surface area (Å²) < 4.78 is 34.0. The minimum atomic E-state index is -1.73. The fourth-order valence-electron chi connectivity index (χ4n) is 6.39. The molecule has 7 N–H and O–H groups in total.